The molecule has 0 spiro atoms. The van der Waals surface area contributed by atoms with Gasteiger partial charge >= 0.3 is 0 Å². The third kappa shape index (κ3) is 4.51. The van der Waals surface area contributed by atoms with Crippen LogP contribution in [0.3, 0.4) is 0 Å². The van der Waals surface area contributed by atoms with Gasteiger partial charge in [0.15, 0.2) is 5.96 Å². The van der Waals surface area contributed by atoms with Gasteiger partial charge in [0.05, 0.1) is 0 Å². The van der Waals surface area contributed by atoms with Crippen LogP contribution in [0, 0.1) is 11.8 Å². The molecule has 134 valence electrons. The number of hydrogen-bond donors (Lipinski definition) is 2. The molecular formula is C19H32N4S. The van der Waals surface area contributed by atoms with Gasteiger partial charge < -0.3 is 10.6 Å². The predicted molar refractivity (Wildman–Crippen MR) is 104 cm³/mol. The molecular weight excluding hydrogens is 316 g/mol. The van der Waals surface area contributed by atoms with Gasteiger partial charge in [0.25, 0.3) is 0 Å². The molecule has 2 unspecified atom stereocenters. The second kappa shape index (κ2) is 8.86. The summed E-state index contributed by atoms with van der Waals surface area (Å²) in [5, 5.41) is 9.33. The Morgan fingerprint density at radius 2 is 2.00 bits per heavy atom. The molecule has 1 aliphatic heterocycles. The smallest absolute Gasteiger partial charge is 0.190 e. The molecule has 1 aromatic heterocycles. The minimum Gasteiger partial charge on any atom is -0.356 e. The summed E-state index contributed by atoms with van der Waals surface area (Å²) in [6.45, 7) is 3.27. The molecule has 1 aromatic rings. The number of nitrogens with zero attached hydrogens (tertiary/aromatic N) is 2. The third-order valence-corrected chi connectivity index (χ3v) is 6.57. The Labute approximate surface area is 150 Å². The van der Waals surface area contributed by atoms with E-state index in [-0.39, 0.29) is 0 Å². The summed E-state index contributed by atoms with van der Waals surface area (Å²) in [7, 11) is 4.15. The number of hydrogen-bond acceptors (Lipinski definition) is 3. The summed E-state index contributed by atoms with van der Waals surface area (Å²) in [4.78, 5) is 8.45. The van der Waals surface area contributed by atoms with Crippen LogP contribution in [0.2, 0.25) is 0 Å². The lowest BCUT2D eigenvalue weighted by molar-refractivity contribution is 0.125. The highest BCUT2D eigenvalue weighted by Crippen LogP contribution is 2.36. The molecule has 2 fully saturated rings. The number of likely N-dealkylation sites (tertiary alicyclic amines) is 1. The molecule has 3 rings (SSSR count). The quantitative estimate of drug-likeness (QED) is 0.632. The van der Waals surface area contributed by atoms with Gasteiger partial charge in [0.2, 0.25) is 0 Å². The highest BCUT2D eigenvalue weighted by Gasteiger charge is 2.31. The van der Waals surface area contributed by atoms with Crippen molar-refractivity contribution in [1.82, 2.24) is 15.5 Å². The largest absolute Gasteiger partial charge is 0.356 e. The van der Waals surface area contributed by atoms with Crippen LogP contribution in [0.1, 0.15) is 49.4 Å². The van der Waals surface area contributed by atoms with Crippen LogP contribution < -0.4 is 10.6 Å². The SMILES string of the molecule is CN=C(NCC1CCCC1)NCC1CCCN(C)C1c1cccs1. The Balaban J connectivity index is 1.52. The van der Waals surface area contributed by atoms with Crippen molar-refractivity contribution in [3.05, 3.63) is 22.4 Å². The summed E-state index contributed by atoms with van der Waals surface area (Å²) in [6.07, 6.45) is 8.12. The predicted octanol–water partition coefficient (Wildman–Crippen LogP) is 3.49. The van der Waals surface area contributed by atoms with Crippen LogP contribution in [-0.2, 0) is 0 Å². The zero-order valence-corrected chi connectivity index (χ0v) is 15.9. The molecule has 0 amide bonds. The molecule has 2 aliphatic rings. The van der Waals surface area contributed by atoms with Crippen LogP contribution >= 0.6 is 11.3 Å². The second-order valence-corrected chi connectivity index (χ2v) is 8.31. The topological polar surface area (TPSA) is 39.7 Å². The van der Waals surface area contributed by atoms with E-state index in [9.17, 15) is 0 Å². The summed E-state index contributed by atoms with van der Waals surface area (Å²) in [5.41, 5.74) is 0. The number of piperidine rings is 1. The van der Waals surface area contributed by atoms with Crippen molar-refractivity contribution in [3.63, 3.8) is 0 Å². The normalized spacial score (nSPS) is 26.7. The van der Waals surface area contributed by atoms with Crippen molar-refractivity contribution >= 4 is 17.3 Å². The Kier molecular flexibility index (Phi) is 6.55. The van der Waals surface area contributed by atoms with Gasteiger partial charge in [0, 0.05) is 31.1 Å². The molecule has 2 heterocycles. The number of guanidine groups is 1. The monoisotopic (exact) mass is 348 g/mol. The first-order valence-corrected chi connectivity index (χ1v) is 10.3. The average Bonchev–Trinajstić information content (AvgIpc) is 3.29. The molecule has 1 saturated heterocycles. The number of rotatable bonds is 5. The maximum atomic E-state index is 4.42. The van der Waals surface area contributed by atoms with E-state index in [2.05, 4.69) is 45.1 Å². The van der Waals surface area contributed by atoms with Gasteiger partial charge in [-0.2, -0.15) is 0 Å². The molecule has 0 bridgehead atoms. The second-order valence-electron chi connectivity index (χ2n) is 7.33. The third-order valence-electron chi connectivity index (χ3n) is 5.63. The van der Waals surface area contributed by atoms with E-state index in [0.29, 0.717) is 12.0 Å². The van der Waals surface area contributed by atoms with E-state index in [1.807, 2.05) is 18.4 Å². The van der Waals surface area contributed by atoms with E-state index < -0.39 is 0 Å². The van der Waals surface area contributed by atoms with E-state index in [1.165, 1.54) is 49.9 Å². The Hall–Kier alpha value is -1.07. The van der Waals surface area contributed by atoms with Crippen molar-refractivity contribution in [2.45, 2.75) is 44.6 Å². The van der Waals surface area contributed by atoms with E-state index >= 15 is 0 Å². The molecule has 1 saturated carbocycles. The molecule has 1 aliphatic carbocycles. The maximum absolute atomic E-state index is 4.42. The fraction of sp³-hybridized carbons (Fsp3) is 0.737. The maximum Gasteiger partial charge on any atom is 0.190 e. The van der Waals surface area contributed by atoms with E-state index in [1.54, 1.807) is 0 Å². The molecule has 4 nitrogen and oxygen atoms in total. The van der Waals surface area contributed by atoms with Crippen LogP contribution in [0.5, 0.6) is 0 Å². The minimum atomic E-state index is 0.541. The average molecular weight is 349 g/mol. The lowest BCUT2D eigenvalue weighted by Gasteiger charge is -2.39. The number of thiophene rings is 1. The lowest BCUT2D eigenvalue weighted by atomic mass is 9.88. The van der Waals surface area contributed by atoms with Gasteiger partial charge in [-0.25, -0.2) is 0 Å². The fourth-order valence-electron chi connectivity index (χ4n) is 4.29. The number of aliphatic imine (C=N–C) groups is 1. The van der Waals surface area contributed by atoms with E-state index in [4.69, 9.17) is 0 Å². The van der Waals surface area contributed by atoms with Crippen molar-refractivity contribution in [2.24, 2.45) is 16.8 Å². The fourth-order valence-corrected chi connectivity index (χ4v) is 5.27. The first-order chi connectivity index (χ1) is 11.8. The minimum absolute atomic E-state index is 0.541. The van der Waals surface area contributed by atoms with Gasteiger partial charge in [-0.3, -0.25) is 9.89 Å². The molecule has 2 N–H and O–H groups in total. The summed E-state index contributed by atoms with van der Waals surface area (Å²) >= 11 is 1.89. The van der Waals surface area contributed by atoms with Gasteiger partial charge in [-0.15, -0.1) is 11.3 Å². The Morgan fingerprint density at radius 1 is 1.21 bits per heavy atom. The van der Waals surface area contributed by atoms with Crippen LogP contribution in [0.15, 0.2) is 22.5 Å². The standard InChI is InChI=1S/C19H32N4S/c1-20-19(21-13-15-7-3-4-8-15)22-14-16-9-5-11-23(2)18(16)17-10-6-12-24-17/h6,10,12,15-16,18H,3-5,7-9,11,13-14H2,1-2H3,(H2,20,21,22). The zero-order chi connectivity index (χ0) is 16.8. The first-order valence-electron chi connectivity index (χ1n) is 9.46. The van der Waals surface area contributed by atoms with Gasteiger partial charge in [0.1, 0.15) is 0 Å². The molecule has 24 heavy (non-hydrogen) atoms. The summed E-state index contributed by atoms with van der Waals surface area (Å²) < 4.78 is 0. The lowest BCUT2D eigenvalue weighted by Crippen LogP contribution is -2.45. The van der Waals surface area contributed by atoms with Crippen molar-refractivity contribution < 1.29 is 0 Å². The van der Waals surface area contributed by atoms with Crippen molar-refractivity contribution in [3.8, 4) is 0 Å². The van der Waals surface area contributed by atoms with Gasteiger partial charge in [-0.1, -0.05) is 18.9 Å². The van der Waals surface area contributed by atoms with Crippen molar-refractivity contribution in [2.75, 3.05) is 33.7 Å². The Morgan fingerprint density at radius 3 is 2.71 bits per heavy atom. The van der Waals surface area contributed by atoms with Gasteiger partial charge in [-0.05, 0) is 62.6 Å². The molecule has 0 aromatic carbocycles. The highest BCUT2D eigenvalue weighted by molar-refractivity contribution is 7.10. The molecule has 5 heteroatoms. The molecule has 2 atom stereocenters. The van der Waals surface area contributed by atoms with Crippen LogP contribution in [0.25, 0.3) is 0 Å². The molecule has 0 radical (unpaired) electrons. The van der Waals surface area contributed by atoms with Crippen molar-refractivity contribution in [1.29, 1.82) is 0 Å². The van der Waals surface area contributed by atoms with Crippen LogP contribution in [0.4, 0.5) is 0 Å². The number of nitrogens with one attached hydrogen (secondary N) is 2. The van der Waals surface area contributed by atoms with Crippen LogP contribution in [-0.4, -0.2) is 44.6 Å². The zero-order valence-electron chi connectivity index (χ0n) is 15.1. The first kappa shape index (κ1) is 17.7. The highest BCUT2D eigenvalue weighted by atomic mass is 32.1. The summed E-state index contributed by atoms with van der Waals surface area (Å²) in [6, 6.07) is 5.01. The van der Waals surface area contributed by atoms with E-state index in [0.717, 1.165) is 25.0 Å². The summed E-state index contributed by atoms with van der Waals surface area (Å²) in [5.74, 6) is 2.45. The Bertz CT molecular complexity index is 507.